The Morgan fingerprint density at radius 1 is 1.38 bits per heavy atom. The van der Waals surface area contributed by atoms with Crippen molar-refractivity contribution < 1.29 is 22.7 Å². The SMILES string of the molecule is CCCOC1CCC(C(NC(=O)c2ncn3c(C)cc(Cl)nc23)C(F)(F)F)CC1. The number of rotatable bonds is 6. The van der Waals surface area contributed by atoms with E-state index in [-0.39, 0.29) is 22.6 Å². The maximum absolute atomic E-state index is 13.7. The molecule has 10 heteroatoms. The molecule has 1 amide bonds. The molecule has 2 heterocycles. The zero-order valence-corrected chi connectivity index (χ0v) is 17.1. The van der Waals surface area contributed by atoms with Gasteiger partial charge < -0.3 is 10.1 Å². The number of fused-ring (bicyclic) bond motifs is 1. The zero-order chi connectivity index (χ0) is 21.2. The monoisotopic (exact) mass is 432 g/mol. The van der Waals surface area contributed by atoms with E-state index < -0.39 is 24.0 Å². The number of hydrogen-bond donors (Lipinski definition) is 1. The predicted octanol–water partition coefficient (Wildman–Crippen LogP) is 4.34. The number of halogens is 4. The molecular formula is C19H24ClF3N4O2. The molecule has 2 aromatic rings. The van der Waals surface area contributed by atoms with Crippen LogP contribution in [0.15, 0.2) is 12.4 Å². The summed E-state index contributed by atoms with van der Waals surface area (Å²) in [6, 6.07) is -0.366. The molecule has 0 spiro atoms. The number of hydrogen-bond acceptors (Lipinski definition) is 4. The fourth-order valence-corrected chi connectivity index (χ4v) is 4.03. The number of ether oxygens (including phenoxy) is 1. The molecule has 1 unspecified atom stereocenters. The number of imidazole rings is 1. The third kappa shape index (κ3) is 5.01. The summed E-state index contributed by atoms with van der Waals surface area (Å²) >= 11 is 5.93. The van der Waals surface area contributed by atoms with Gasteiger partial charge in [0.05, 0.1) is 6.10 Å². The van der Waals surface area contributed by atoms with Gasteiger partial charge in [-0.3, -0.25) is 9.20 Å². The molecule has 1 aliphatic carbocycles. The van der Waals surface area contributed by atoms with Crippen molar-refractivity contribution in [1.82, 2.24) is 19.7 Å². The van der Waals surface area contributed by atoms with Crippen molar-refractivity contribution in [2.75, 3.05) is 6.61 Å². The van der Waals surface area contributed by atoms with E-state index in [2.05, 4.69) is 15.3 Å². The quantitative estimate of drug-likeness (QED) is 0.689. The van der Waals surface area contributed by atoms with Crippen molar-refractivity contribution in [1.29, 1.82) is 0 Å². The van der Waals surface area contributed by atoms with Gasteiger partial charge in [0.2, 0.25) is 0 Å². The normalized spacial score (nSPS) is 21.3. The summed E-state index contributed by atoms with van der Waals surface area (Å²) in [5.74, 6) is -1.61. The minimum atomic E-state index is -4.56. The van der Waals surface area contributed by atoms with Gasteiger partial charge in [-0.15, -0.1) is 0 Å². The summed E-state index contributed by atoms with van der Waals surface area (Å²) in [5, 5.41) is 2.30. The smallest absolute Gasteiger partial charge is 0.378 e. The van der Waals surface area contributed by atoms with E-state index in [1.54, 1.807) is 13.0 Å². The average molecular weight is 433 g/mol. The Kier molecular flexibility index (Phi) is 6.68. The molecule has 0 aliphatic heterocycles. The van der Waals surface area contributed by atoms with Crippen molar-refractivity contribution in [2.45, 2.75) is 64.3 Å². The molecule has 160 valence electrons. The Labute approximate surface area is 171 Å². The molecular weight excluding hydrogens is 409 g/mol. The first-order valence-electron chi connectivity index (χ1n) is 9.70. The van der Waals surface area contributed by atoms with Crippen molar-refractivity contribution in [3.05, 3.63) is 28.9 Å². The molecule has 1 aliphatic rings. The van der Waals surface area contributed by atoms with Gasteiger partial charge in [-0.2, -0.15) is 13.2 Å². The van der Waals surface area contributed by atoms with Gasteiger partial charge in [0.25, 0.3) is 5.91 Å². The first-order valence-corrected chi connectivity index (χ1v) is 10.1. The van der Waals surface area contributed by atoms with Gasteiger partial charge >= 0.3 is 6.18 Å². The lowest BCUT2D eigenvalue weighted by Crippen LogP contribution is -2.51. The highest BCUT2D eigenvalue weighted by Gasteiger charge is 2.47. The van der Waals surface area contributed by atoms with Crippen LogP contribution in [-0.2, 0) is 4.74 Å². The third-order valence-electron chi connectivity index (χ3n) is 5.27. The minimum Gasteiger partial charge on any atom is -0.378 e. The van der Waals surface area contributed by atoms with Crippen LogP contribution < -0.4 is 5.32 Å². The summed E-state index contributed by atoms with van der Waals surface area (Å²) in [4.78, 5) is 20.7. The lowest BCUT2D eigenvalue weighted by molar-refractivity contribution is -0.169. The molecule has 0 aromatic carbocycles. The van der Waals surface area contributed by atoms with Gasteiger partial charge in [0.15, 0.2) is 11.3 Å². The van der Waals surface area contributed by atoms with Crippen LogP contribution in [0.2, 0.25) is 5.15 Å². The van der Waals surface area contributed by atoms with Crippen LogP contribution >= 0.6 is 11.6 Å². The van der Waals surface area contributed by atoms with Gasteiger partial charge in [0.1, 0.15) is 17.5 Å². The van der Waals surface area contributed by atoms with Gasteiger partial charge in [-0.25, -0.2) is 9.97 Å². The van der Waals surface area contributed by atoms with Gasteiger partial charge in [-0.1, -0.05) is 18.5 Å². The number of aromatic nitrogens is 3. The van der Waals surface area contributed by atoms with Crippen LogP contribution in [0.1, 0.15) is 55.2 Å². The highest BCUT2D eigenvalue weighted by molar-refractivity contribution is 6.29. The van der Waals surface area contributed by atoms with Crippen molar-refractivity contribution in [3.63, 3.8) is 0 Å². The van der Waals surface area contributed by atoms with Crippen LogP contribution in [0.25, 0.3) is 5.65 Å². The fourth-order valence-electron chi connectivity index (χ4n) is 3.79. The largest absolute Gasteiger partial charge is 0.408 e. The average Bonchev–Trinajstić information content (AvgIpc) is 3.08. The Hall–Kier alpha value is -1.87. The van der Waals surface area contributed by atoms with Gasteiger partial charge in [-0.05, 0) is 51.0 Å². The molecule has 1 N–H and O–H groups in total. The Morgan fingerprint density at radius 2 is 2.07 bits per heavy atom. The minimum absolute atomic E-state index is 0.0119. The van der Waals surface area contributed by atoms with Gasteiger partial charge in [0, 0.05) is 12.3 Å². The first kappa shape index (κ1) is 21.8. The maximum atomic E-state index is 13.7. The Balaban J connectivity index is 1.76. The van der Waals surface area contributed by atoms with E-state index in [1.807, 2.05) is 6.92 Å². The van der Waals surface area contributed by atoms with E-state index in [0.29, 0.717) is 38.0 Å². The van der Waals surface area contributed by atoms with Crippen molar-refractivity contribution >= 4 is 23.2 Å². The lowest BCUT2D eigenvalue weighted by Gasteiger charge is -2.35. The van der Waals surface area contributed by atoms with Crippen LogP contribution in [0.4, 0.5) is 13.2 Å². The van der Waals surface area contributed by atoms with E-state index >= 15 is 0 Å². The standard InChI is InChI=1S/C19H24ClF3N4O2/c1-3-8-29-13-6-4-12(5-7-13)16(19(21,22)23)26-18(28)15-17-25-14(20)9-11(2)27(17)10-24-15/h9-10,12-13,16H,3-8H2,1-2H3,(H,26,28). The lowest BCUT2D eigenvalue weighted by atomic mass is 9.82. The molecule has 6 nitrogen and oxygen atoms in total. The Bertz CT molecular complexity index is 863. The van der Waals surface area contributed by atoms with E-state index in [1.165, 1.54) is 10.7 Å². The maximum Gasteiger partial charge on any atom is 0.408 e. The molecule has 1 atom stereocenters. The fraction of sp³-hybridized carbons (Fsp3) is 0.632. The molecule has 1 fully saturated rings. The molecule has 3 rings (SSSR count). The summed E-state index contributed by atoms with van der Waals surface area (Å²) in [5.41, 5.74) is 0.624. The number of amides is 1. The molecule has 0 radical (unpaired) electrons. The van der Waals surface area contributed by atoms with Crippen LogP contribution in [0, 0.1) is 12.8 Å². The summed E-state index contributed by atoms with van der Waals surface area (Å²) in [7, 11) is 0. The molecule has 1 saturated carbocycles. The summed E-state index contributed by atoms with van der Waals surface area (Å²) < 4.78 is 48.4. The van der Waals surface area contributed by atoms with E-state index in [9.17, 15) is 18.0 Å². The first-order chi connectivity index (χ1) is 13.7. The van der Waals surface area contributed by atoms with Crippen molar-refractivity contribution in [2.24, 2.45) is 5.92 Å². The van der Waals surface area contributed by atoms with Crippen molar-refractivity contribution in [3.8, 4) is 0 Å². The number of nitrogens with one attached hydrogen (secondary N) is 1. The number of nitrogens with zero attached hydrogens (tertiary/aromatic N) is 3. The zero-order valence-electron chi connectivity index (χ0n) is 16.3. The summed E-state index contributed by atoms with van der Waals surface area (Å²) in [6.45, 7) is 4.34. The highest BCUT2D eigenvalue weighted by atomic mass is 35.5. The number of carbonyl (C=O) groups excluding carboxylic acids is 1. The second-order valence-corrected chi connectivity index (χ2v) is 7.79. The number of aryl methyl sites for hydroxylation is 1. The second kappa shape index (κ2) is 8.87. The molecule has 0 saturated heterocycles. The van der Waals surface area contributed by atoms with E-state index in [4.69, 9.17) is 16.3 Å². The third-order valence-corrected chi connectivity index (χ3v) is 5.46. The molecule has 0 bridgehead atoms. The Morgan fingerprint density at radius 3 is 2.69 bits per heavy atom. The highest BCUT2D eigenvalue weighted by Crippen LogP contribution is 2.36. The van der Waals surface area contributed by atoms with Crippen LogP contribution in [-0.4, -0.2) is 45.2 Å². The van der Waals surface area contributed by atoms with Crippen LogP contribution in [0.5, 0.6) is 0 Å². The van der Waals surface area contributed by atoms with Crippen LogP contribution in [0.3, 0.4) is 0 Å². The number of carbonyl (C=O) groups is 1. The topological polar surface area (TPSA) is 68.5 Å². The second-order valence-electron chi connectivity index (χ2n) is 7.41. The summed E-state index contributed by atoms with van der Waals surface area (Å²) in [6.07, 6.45) is -0.569. The molecule has 29 heavy (non-hydrogen) atoms. The predicted molar refractivity (Wildman–Crippen MR) is 102 cm³/mol. The van der Waals surface area contributed by atoms with E-state index in [0.717, 1.165) is 6.42 Å². The number of alkyl halides is 3. The molecule has 2 aromatic heterocycles.